The van der Waals surface area contributed by atoms with E-state index in [4.69, 9.17) is 9.47 Å². The van der Waals surface area contributed by atoms with Crippen molar-refractivity contribution in [3.8, 4) is 11.1 Å². The highest BCUT2D eigenvalue weighted by atomic mass is 16.6. The Labute approximate surface area is 196 Å². The van der Waals surface area contributed by atoms with Crippen molar-refractivity contribution in [3.63, 3.8) is 0 Å². The summed E-state index contributed by atoms with van der Waals surface area (Å²) in [6.07, 6.45) is 0.240. The number of carboxylic acids is 1. The molecule has 3 N–H and O–H groups in total. The molecule has 9 heteroatoms. The van der Waals surface area contributed by atoms with E-state index in [0.717, 1.165) is 22.3 Å². The van der Waals surface area contributed by atoms with Crippen LogP contribution in [0.25, 0.3) is 11.1 Å². The van der Waals surface area contributed by atoms with Crippen LogP contribution in [-0.4, -0.2) is 54.3 Å². The molecule has 0 fully saturated rings. The molecule has 34 heavy (non-hydrogen) atoms. The molecule has 2 aromatic carbocycles. The zero-order valence-corrected chi connectivity index (χ0v) is 18.7. The molecule has 9 nitrogen and oxygen atoms in total. The first-order valence-corrected chi connectivity index (χ1v) is 10.8. The van der Waals surface area contributed by atoms with E-state index in [1.165, 1.54) is 13.0 Å². The number of aliphatic carboxylic acids is 1. The van der Waals surface area contributed by atoms with Crippen LogP contribution in [0.1, 0.15) is 30.4 Å². The van der Waals surface area contributed by atoms with Crippen molar-refractivity contribution in [3.05, 3.63) is 72.3 Å². The van der Waals surface area contributed by atoms with Crippen LogP contribution >= 0.6 is 0 Å². The number of fused-ring (bicyclic) bond motifs is 3. The van der Waals surface area contributed by atoms with Gasteiger partial charge >= 0.3 is 18.0 Å². The Hall–Kier alpha value is -4.14. The van der Waals surface area contributed by atoms with Gasteiger partial charge in [-0.05, 0) is 35.6 Å². The smallest absolute Gasteiger partial charge is 0.408 e. The van der Waals surface area contributed by atoms with Gasteiger partial charge in [-0.15, -0.1) is 6.58 Å². The molecule has 2 atom stereocenters. The van der Waals surface area contributed by atoms with Crippen LogP contribution < -0.4 is 10.6 Å². The molecular weight excluding hydrogens is 440 g/mol. The maximum absolute atomic E-state index is 12.6. The Balaban J connectivity index is 1.70. The van der Waals surface area contributed by atoms with Crippen molar-refractivity contribution >= 4 is 23.9 Å². The largest absolute Gasteiger partial charge is 0.480 e. The summed E-state index contributed by atoms with van der Waals surface area (Å²) in [5, 5.41) is 13.6. The Morgan fingerprint density at radius 2 is 1.59 bits per heavy atom. The van der Waals surface area contributed by atoms with Gasteiger partial charge in [0.15, 0.2) is 0 Å². The van der Waals surface area contributed by atoms with Gasteiger partial charge in [0.25, 0.3) is 5.91 Å². The lowest BCUT2D eigenvalue weighted by Gasteiger charge is -2.20. The summed E-state index contributed by atoms with van der Waals surface area (Å²) in [7, 11) is 0. The first kappa shape index (κ1) is 24.5. The maximum Gasteiger partial charge on any atom is 0.408 e. The van der Waals surface area contributed by atoms with Crippen LogP contribution in [0.5, 0.6) is 0 Å². The summed E-state index contributed by atoms with van der Waals surface area (Å²) in [6, 6.07) is 12.5. The number of rotatable bonds is 10. The number of hydrogen-bond acceptors (Lipinski definition) is 6. The molecule has 2 aromatic rings. The van der Waals surface area contributed by atoms with Crippen LogP contribution in [0.15, 0.2) is 61.2 Å². The number of carbonyl (C=O) groups is 4. The zero-order valence-electron chi connectivity index (χ0n) is 18.7. The van der Waals surface area contributed by atoms with E-state index in [-0.39, 0.29) is 25.6 Å². The van der Waals surface area contributed by atoms with Gasteiger partial charge in [0.05, 0.1) is 6.61 Å². The number of amides is 2. The molecule has 0 heterocycles. The highest BCUT2D eigenvalue weighted by Gasteiger charge is 2.34. The van der Waals surface area contributed by atoms with Crippen LogP contribution in [0.3, 0.4) is 0 Å². The summed E-state index contributed by atoms with van der Waals surface area (Å²) < 4.78 is 10.2. The predicted octanol–water partition coefficient (Wildman–Crippen LogP) is 2.60. The number of ether oxygens (including phenoxy) is 2. The number of alkyl carbamates (subject to hydrolysis) is 1. The van der Waals surface area contributed by atoms with Crippen LogP contribution in [0.2, 0.25) is 0 Å². The summed E-state index contributed by atoms with van der Waals surface area (Å²) in [4.78, 5) is 48.8. The Morgan fingerprint density at radius 3 is 2.12 bits per heavy atom. The molecule has 0 aliphatic heterocycles. The van der Waals surface area contributed by atoms with E-state index in [1.54, 1.807) is 0 Å². The Bertz CT molecular complexity index is 1050. The molecule has 2 unspecified atom stereocenters. The molecule has 2 amide bonds. The van der Waals surface area contributed by atoms with Crippen LogP contribution in [0, 0.1) is 0 Å². The molecule has 0 saturated heterocycles. The minimum atomic E-state index is -1.78. The number of carbonyl (C=O) groups excluding carboxylic acids is 3. The average Bonchev–Trinajstić information content (AvgIpc) is 3.14. The first-order valence-electron chi connectivity index (χ1n) is 10.8. The average molecular weight is 466 g/mol. The van der Waals surface area contributed by atoms with Gasteiger partial charge in [-0.3, -0.25) is 10.1 Å². The molecular formula is C25H26N2O7. The summed E-state index contributed by atoms with van der Waals surface area (Å²) >= 11 is 0. The molecule has 1 aliphatic carbocycles. The molecule has 178 valence electrons. The van der Waals surface area contributed by atoms with Crippen molar-refractivity contribution in [1.29, 1.82) is 0 Å². The summed E-state index contributed by atoms with van der Waals surface area (Å²) in [6.45, 7) is 4.93. The van der Waals surface area contributed by atoms with Crippen molar-refractivity contribution in [1.82, 2.24) is 10.6 Å². The lowest BCUT2D eigenvalue weighted by atomic mass is 9.98. The van der Waals surface area contributed by atoms with Crippen molar-refractivity contribution in [2.45, 2.75) is 31.3 Å². The van der Waals surface area contributed by atoms with Crippen molar-refractivity contribution in [2.75, 3.05) is 13.2 Å². The number of esters is 1. The van der Waals surface area contributed by atoms with Gasteiger partial charge in [0.1, 0.15) is 12.6 Å². The highest BCUT2D eigenvalue weighted by molar-refractivity contribution is 6.05. The van der Waals surface area contributed by atoms with Crippen molar-refractivity contribution in [2.24, 2.45) is 0 Å². The molecule has 1 aliphatic rings. The standard InChI is InChI=1S/C25H26N2O7/c1-3-9-20(23(29)30)26-22(28)21(24(31)33-4-2)27-25(32)34-14-19-17-12-7-5-10-15(17)16-11-6-8-13-18(16)19/h3,5-8,10-13,19-21H,1,4,9,14H2,2H3,(H,26,28)(H,27,32)(H,29,30). The first-order chi connectivity index (χ1) is 16.4. The van der Waals surface area contributed by atoms with Gasteiger partial charge < -0.3 is 19.9 Å². The fourth-order valence-electron chi connectivity index (χ4n) is 3.86. The number of carboxylic acid groups (broad SMARTS) is 1. The number of hydrogen-bond donors (Lipinski definition) is 3. The van der Waals surface area contributed by atoms with E-state index in [9.17, 15) is 24.3 Å². The number of nitrogens with one attached hydrogen (secondary N) is 2. The zero-order chi connectivity index (χ0) is 24.7. The Kier molecular flexibility index (Phi) is 8.02. The third-order valence-corrected chi connectivity index (χ3v) is 5.41. The maximum atomic E-state index is 12.6. The van der Waals surface area contributed by atoms with Gasteiger partial charge in [-0.1, -0.05) is 54.6 Å². The summed E-state index contributed by atoms with van der Waals surface area (Å²) in [5.74, 6) is -3.58. The second kappa shape index (κ2) is 11.1. The fraction of sp³-hybridized carbons (Fsp3) is 0.280. The quantitative estimate of drug-likeness (QED) is 0.279. The lowest BCUT2D eigenvalue weighted by Crippen LogP contribution is -2.55. The third-order valence-electron chi connectivity index (χ3n) is 5.41. The third kappa shape index (κ3) is 5.43. The highest BCUT2D eigenvalue weighted by Crippen LogP contribution is 2.44. The Morgan fingerprint density at radius 1 is 1.00 bits per heavy atom. The van der Waals surface area contributed by atoms with Crippen LogP contribution in [-0.2, 0) is 23.9 Å². The lowest BCUT2D eigenvalue weighted by molar-refractivity contribution is -0.151. The molecule has 0 bridgehead atoms. The molecule has 0 radical (unpaired) electrons. The molecule has 0 aromatic heterocycles. The number of benzene rings is 2. The van der Waals surface area contributed by atoms with Gasteiger partial charge in [-0.2, -0.15) is 0 Å². The monoisotopic (exact) mass is 466 g/mol. The molecule has 0 saturated carbocycles. The van der Waals surface area contributed by atoms with E-state index >= 15 is 0 Å². The molecule has 3 rings (SSSR count). The topological polar surface area (TPSA) is 131 Å². The minimum absolute atomic E-state index is 0.0226. The normalized spacial score (nSPS) is 13.6. The van der Waals surface area contributed by atoms with Crippen LogP contribution in [0.4, 0.5) is 4.79 Å². The van der Waals surface area contributed by atoms with Gasteiger partial charge in [0.2, 0.25) is 6.04 Å². The molecule has 0 spiro atoms. The van der Waals surface area contributed by atoms with Gasteiger partial charge in [-0.25, -0.2) is 14.4 Å². The SMILES string of the molecule is C=CCC(NC(=O)C(NC(=O)OCC1c2ccccc2-c2ccccc21)C(=O)OCC)C(=O)O. The second-order valence-electron chi connectivity index (χ2n) is 7.58. The fourth-order valence-corrected chi connectivity index (χ4v) is 3.86. The van der Waals surface area contributed by atoms with E-state index in [2.05, 4.69) is 17.2 Å². The summed E-state index contributed by atoms with van der Waals surface area (Å²) in [5.41, 5.74) is 4.12. The predicted molar refractivity (Wildman–Crippen MR) is 123 cm³/mol. The van der Waals surface area contributed by atoms with E-state index < -0.39 is 36.0 Å². The van der Waals surface area contributed by atoms with Crippen molar-refractivity contribution < 1.29 is 33.8 Å². The minimum Gasteiger partial charge on any atom is -0.480 e. The van der Waals surface area contributed by atoms with Gasteiger partial charge in [0, 0.05) is 5.92 Å². The van der Waals surface area contributed by atoms with E-state index in [1.807, 2.05) is 48.5 Å². The second-order valence-corrected chi connectivity index (χ2v) is 7.58. The van der Waals surface area contributed by atoms with E-state index in [0.29, 0.717) is 0 Å².